The largest absolute Gasteiger partial charge is 0.481 e. The van der Waals surface area contributed by atoms with Gasteiger partial charge in [0.15, 0.2) is 5.65 Å². The minimum Gasteiger partial charge on any atom is -0.481 e. The van der Waals surface area contributed by atoms with E-state index in [0.29, 0.717) is 22.9 Å². The van der Waals surface area contributed by atoms with E-state index in [1.165, 1.54) is 11.7 Å². The number of hydrogen-bond acceptors (Lipinski definition) is 3. The third kappa shape index (κ3) is 2.31. The molecule has 0 amide bonds. The van der Waals surface area contributed by atoms with Crippen molar-refractivity contribution in [1.29, 1.82) is 0 Å². The second kappa shape index (κ2) is 4.83. The van der Waals surface area contributed by atoms with E-state index in [9.17, 15) is 8.78 Å². The molecule has 0 radical (unpaired) electrons. The van der Waals surface area contributed by atoms with E-state index in [1.807, 2.05) is 0 Å². The molecule has 2 aromatic rings. The quantitative estimate of drug-likeness (QED) is 0.794. The molecule has 4 nitrogen and oxygen atoms in total. The third-order valence-electron chi connectivity index (χ3n) is 2.29. The van der Waals surface area contributed by atoms with Crippen molar-refractivity contribution in [3.05, 3.63) is 18.0 Å². The molecule has 2 rings (SSSR count). The third-order valence-corrected chi connectivity index (χ3v) is 2.53. The molecule has 0 N–H and O–H groups in total. The molecule has 0 aliphatic rings. The maximum absolute atomic E-state index is 12.5. The van der Waals surface area contributed by atoms with E-state index in [1.54, 1.807) is 12.1 Å². The summed E-state index contributed by atoms with van der Waals surface area (Å²) in [4.78, 5) is 8.24. The molecule has 0 aromatic carbocycles. The first-order valence-corrected chi connectivity index (χ1v) is 5.43. The van der Waals surface area contributed by atoms with Crippen LogP contribution in [0.15, 0.2) is 12.1 Å². The van der Waals surface area contributed by atoms with E-state index in [-0.39, 0.29) is 5.88 Å². The summed E-state index contributed by atoms with van der Waals surface area (Å²) in [7, 11) is 1.46. The molecule has 2 aromatic heterocycles. The summed E-state index contributed by atoms with van der Waals surface area (Å²) in [6.45, 7) is -0.473. The monoisotopic (exact) mass is 261 g/mol. The number of ether oxygens (including phenoxy) is 1. The van der Waals surface area contributed by atoms with Crippen molar-refractivity contribution < 1.29 is 13.5 Å². The maximum atomic E-state index is 12.5. The van der Waals surface area contributed by atoms with Crippen molar-refractivity contribution in [3.8, 4) is 5.88 Å². The number of aromatic nitrogens is 3. The van der Waals surface area contributed by atoms with E-state index in [4.69, 9.17) is 16.3 Å². The summed E-state index contributed by atoms with van der Waals surface area (Å²) < 4.78 is 31.2. The normalized spacial score (nSPS) is 11.4. The smallest absolute Gasteiger partial charge is 0.256 e. The van der Waals surface area contributed by atoms with Gasteiger partial charge in [-0.15, -0.1) is 11.6 Å². The molecular formula is C10H10ClF2N3O. The van der Waals surface area contributed by atoms with Crippen LogP contribution < -0.4 is 4.74 Å². The SMILES string of the molecule is COc1ccc2nc(CCl)n(CC(F)F)c2n1. The lowest BCUT2D eigenvalue weighted by molar-refractivity contribution is 0.127. The van der Waals surface area contributed by atoms with Gasteiger partial charge in [0, 0.05) is 6.07 Å². The highest BCUT2D eigenvalue weighted by Gasteiger charge is 2.15. The predicted molar refractivity (Wildman–Crippen MR) is 59.6 cm³/mol. The first-order chi connectivity index (χ1) is 8.15. The van der Waals surface area contributed by atoms with Crippen LogP contribution in [-0.4, -0.2) is 28.1 Å². The van der Waals surface area contributed by atoms with Crippen LogP contribution in [0.5, 0.6) is 5.88 Å². The zero-order valence-electron chi connectivity index (χ0n) is 9.03. The second-order valence-corrected chi connectivity index (χ2v) is 3.63. The van der Waals surface area contributed by atoms with Crippen molar-refractivity contribution in [2.75, 3.05) is 7.11 Å². The number of methoxy groups -OCH3 is 1. The highest BCUT2D eigenvalue weighted by molar-refractivity contribution is 6.16. The molecule has 0 atom stereocenters. The Morgan fingerprint density at radius 1 is 1.41 bits per heavy atom. The molecule has 0 unspecified atom stereocenters. The van der Waals surface area contributed by atoms with Crippen molar-refractivity contribution in [1.82, 2.24) is 14.5 Å². The van der Waals surface area contributed by atoms with E-state index < -0.39 is 13.0 Å². The van der Waals surface area contributed by atoms with Crippen molar-refractivity contribution in [2.24, 2.45) is 0 Å². The Morgan fingerprint density at radius 3 is 2.76 bits per heavy atom. The Morgan fingerprint density at radius 2 is 2.18 bits per heavy atom. The first-order valence-electron chi connectivity index (χ1n) is 4.90. The van der Waals surface area contributed by atoms with Crippen molar-refractivity contribution in [2.45, 2.75) is 18.9 Å². The minimum atomic E-state index is -2.48. The molecule has 0 aliphatic heterocycles. The van der Waals surface area contributed by atoms with E-state index >= 15 is 0 Å². The van der Waals surface area contributed by atoms with Crippen LogP contribution in [-0.2, 0) is 12.4 Å². The fraction of sp³-hybridized carbons (Fsp3) is 0.400. The van der Waals surface area contributed by atoms with Crippen LogP contribution in [0.4, 0.5) is 8.78 Å². The summed E-state index contributed by atoms with van der Waals surface area (Å²) >= 11 is 5.67. The van der Waals surface area contributed by atoms with Crippen LogP contribution in [0.1, 0.15) is 5.82 Å². The highest BCUT2D eigenvalue weighted by Crippen LogP contribution is 2.20. The van der Waals surface area contributed by atoms with Crippen molar-refractivity contribution in [3.63, 3.8) is 0 Å². The van der Waals surface area contributed by atoms with Gasteiger partial charge in [0.1, 0.15) is 11.3 Å². The minimum absolute atomic E-state index is 0.0609. The molecule has 2 heterocycles. The summed E-state index contributed by atoms with van der Waals surface area (Å²) in [6.07, 6.45) is -2.48. The van der Waals surface area contributed by atoms with Gasteiger partial charge in [0.25, 0.3) is 6.43 Å². The lowest BCUT2D eigenvalue weighted by Gasteiger charge is -2.06. The molecule has 0 aliphatic carbocycles. The summed E-state index contributed by atoms with van der Waals surface area (Å²) in [5, 5.41) is 0. The van der Waals surface area contributed by atoms with Crippen LogP contribution >= 0.6 is 11.6 Å². The Labute approximate surface area is 101 Å². The fourth-order valence-electron chi connectivity index (χ4n) is 1.58. The van der Waals surface area contributed by atoms with Gasteiger partial charge in [0.05, 0.1) is 19.5 Å². The lowest BCUT2D eigenvalue weighted by atomic mass is 10.4. The molecule has 0 bridgehead atoms. The highest BCUT2D eigenvalue weighted by atomic mass is 35.5. The number of hydrogen-bond donors (Lipinski definition) is 0. The average molecular weight is 262 g/mol. The molecule has 0 spiro atoms. The maximum Gasteiger partial charge on any atom is 0.256 e. The zero-order chi connectivity index (χ0) is 12.4. The number of nitrogens with zero attached hydrogens (tertiary/aromatic N) is 3. The summed E-state index contributed by atoms with van der Waals surface area (Å²) in [5.74, 6) is 0.794. The first kappa shape index (κ1) is 12.0. The van der Waals surface area contributed by atoms with Gasteiger partial charge in [-0.1, -0.05) is 0 Å². The fourth-order valence-corrected chi connectivity index (χ4v) is 1.78. The Kier molecular flexibility index (Phi) is 3.42. The zero-order valence-corrected chi connectivity index (χ0v) is 9.79. The molecule has 0 saturated heterocycles. The van der Waals surface area contributed by atoms with Gasteiger partial charge < -0.3 is 9.30 Å². The van der Waals surface area contributed by atoms with Gasteiger partial charge in [-0.25, -0.2) is 13.8 Å². The van der Waals surface area contributed by atoms with Crippen molar-refractivity contribution >= 4 is 22.8 Å². The van der Waals surface area contributed by atoms with Crippen LogP contribution in [0.2, 0.25) is 0 Å². The van der Waals surface area contributed by atoms with Gasteiger partial charge in [0.2, 0.25) is 5.88 Å². The number of pyridine rings is 1. The molecule has 17 heavy (non-hydrogen) atoms. The van der Waals surface area contributed by atoms with E-state index in [0.717, 1.165) is 0 Å². The Hall–Kier alpha value is -1.43. The molecule has 7 heteroatoms. The number of halogens is 3. The van der Waals surface area contributed by atoms with Gasteiger partial charge >= 0.3 is 0 Å². The van der Waals surface area contributed by atoms with Gasteiger partial charge in [-0.2, -0.15) is 4.98 Å². The lowest BCUT2D eigenvalue weighted by Crippen LogP contribution is -2.10. The molecular weight excluding hydrogens is 252 g/mol. The van der Waals surface area contributed by atoms with Crippen LogP contribution in [0.3, 0.4) is 0 Å². The number of alkyl halides is 3. The molecule has 0 fully saturated rings. The standard InChI is InChI=1S/C10H10ClF2N3O/c1-17-9-3-2-6-10(15-9)16(5-7(12)13)8(4-11)14-6/h2-3,7H,4-5H2,1H3. The molecule has 92 valence electrons. The number of rotatable bonds is 4. The molecule has 0 saturated carbocycles. The van der Waals surface area contributed by atoms with E-state index in [2.05, 4.69) is 9.97 Å². The second-order valence-electron chi connectivity index (χ2n) is 3.36. The van der Waals surface area contributed by atoms with Gasteiger partial charge in [-0.05, 0) is 6.07 Å². The number of imidazole rings is 1. The van der Waals surface area contributed by atoms with Crippen LogP contribution in [0, 0.1) is 0 Å². The predicted octanol–water partition coefficient (Wildman–Crippen LogP) is 2.44. The Balaban J connectivity index is 2.58. The summed E-state index contributed by atoms with van der Waals surface area (Å²) in [5.41, 5.74) is 0.891. The topological polar surface area (TPSA) is 39.9 Å². The number of fused-ring (bicyclic) bond motifs is 1. The summed E-state index contributed by atoms with van der Waals surface area (Å²) in [6, 6.07) is 3.29. The Bertz CT molecular complexity index is 529. The van der Waals surface area contributed by atoms with Gasteiger partial charge in [-0.3, -0.25) is 0 Å². The average Bonchev–Trinajstić information content (AvgIpc) is 2.66. The van der Waals surface area contributed by atoms with Crippen LogP contribution in [0.25, 0.3) is 11.2 Å².